The number of carboxylic acid groups (broad SMARTS) is 1. The third kappa shape index (κ3) is 2.41. The van der Waals surface area contributed by atoms with Crippen molar-refractivity contribution in [2.24, 2.45) is 11.8 Å². The van der Waals surface area contributed by atoms with E-state index in [9.17, 15) is 9.59 Å². The van der Waals surface area contributed by atoms with Crippen LogP contribution in [0.1, 0.15) is 6.92 Å². The number of ether oxygens (including phenoxy) is 2. The molecule has 20 heavy (non-hydrogen) atoms. The zero-order valence-electron chi connectivity index (χ0n) is 11.6. The quantitative estimate of drug-likeness (QED) is 0.901. The molecule has 6 nitrogen and oxygen atoms in total. The maximum atomic E-state index is 12.2. The smallest absolute Gasteiger partial charge is 0.309 e. The Balaban J connectivity index is 2.36. The Bertz CT molecular complexity index is 520. The van der Waals surface area contributed by atoms with Crippen molar-refractivity contribution in [3.63, 3.8) is 0 Å². The maximum absolute atomic E-state index is 12.2. The third-order valence-electron chi connectivity index (χ3n) is 3.60. The molecule has 0 saturated carbocycles. The largest absolute Gasteiger partial charge is 0.497 e. The Morgan fingerprint density at radius 3 is 2.20 bits per heavy atom. The van der Waals surface area contributed by atoms with Crippen LogP contribution in [-0.2, 0) is 9.59 Å². The predicted octanol–water partition coefficient (Wildman–Crippen LogP) is 1.39. The second-order valence-corrected chi connectivity index (χ2v) is 4.75. The first-order chi connectivity index (χ1) is 9.47. The van der Waals surface area contributed by atoms with E-state index in [-0.39, 0.29) is 12.5 Å². The van der Waals surface area contributed by atoms with Crippen LogP contribution in [0.5, 0.6) is 11.5 Å². The second kappa shape index (κ2) is 5.40. The number of carbonyl (C=O) groups is 2. The summed E-state index contributed by atoms with van der Waals surface area (Å²) in [5.41, 5.74) is 0.585. The van der Waals surface area contributed by atoms with Crippen molar-refractivity contribution in [2.75, 3.05) is 25.7 Å². The Morgan fingerprint density at radius 2 is 1.80 bits per heavy atom. The zero-order valence-corrected chi connectivity index (χ0v) is 11.6. The summed E-state index contributed by atoms with van der Waals surface area (Å²) in [6.07, 6.45) is 0. The summed E-state index contributed by atoms with van der Waals surface area (Å²) in [7, 11) is 3.04. The highest BCUT2D eigenvalue weighted by Crippen LogP contribution is 2.34. The topological polar surface area (TPSA) is 76.1 Å². The minimum Gasteiger partial charge on any atom is -0.497 e. The molecule has 1 fully saturated rings. The van der Waals surface area contributed by atoms with Gasteiger partial charge >= 0.3 is 5.97 Å². The van der Waals surface area contributed by atoms with Crippen LogP contribution in [0.2, 0.25) is 0 Å². The Hall–Kier alpha value is -2.24. The monoisotopic (exact) mass is 279 g/mol. The van der Waals surface area contributed by atoms with Crippen molar-refractivity contribution in [1.29, 1.82) is 0 Å². The van der Waals surface area contributed by atoms with Gasteiger partial charge in [-0.1, -0.05) is 6.92 Å². The van der Waals surface area contributed by atoms with Gasteiger partial charge in [-0.05, 0) is 0 Å². The number of methoxy groups -OCH3 is 2. The average Bonchev–Trinajstić information content (AvgIpc) is 2.75. The highest BCUT2D eigenvalue weighted by molar-refractivity contribution is 6.01. The summed E-state index contributed by atoms with van der Waals surface area (Å²) in [5.74, 6) is -1.28. The first kappa shape index (κ1) is 14.2. The standard InChI is InChI=1S/C14H17NO5/c1-8-12(14(17)18)7-15(13(8)16)9-4-10(19-2)6-11(5-9)20-3/h4-6,8,12H,7H2,1-3H3,(H,17,18)/t8-,12+/m1/s1. The molecule has 0 bridgehead atoms. The number of nitrogens with zero attached hydrogens (tertiary/aromatic N) is 1. The fraction of sp³-hybridized carbons (Fsp3) is 0.429. The van der Waals surface area contributed by atoms with Crippen molar-refractivity contribution in [1.82, 2.24) is 0 Å². The summed E-state index contributed by atoms with van der Waals surface area (Å²) >= 11 is 0. The lowest BCUT2D eigenvalue weighted by Crippen LogP contribution is -2.26. The molecule has 1 aromatic rings. The third-order valence-corrected chi connectivity index (χ3v) is 3.60. The van der Waals surface area contributed by atoms with Gasteiger partial charge in [0.05, 0.1) is 31.7 Å². The van der Waals surface area contributed by atoms with Gasteiger partial charge in [-0.3, -0.25) is 9.59 Å². The lowest BCUT2D eigenvalue weighted by Gasteiger charge is -2.18. The number of aliphatic carboxylic acids is 1. The van der Waals surface area contributed by atoms with Gasteiger partial charge in [0.15, 0.2) is 0 Å². The average molecular weight is 279 g/mol. The molecule has 1 aromatic carbocycles. The molecule has 1 amide bonds. The van der Waals surface area contributed by atoms with Crippen molar-refractivity contribution < 1.29 is 24.2 Å². The fourth-order valence-corrected chi connectivity index (χ4v) is 2.34. The van der Waals surface area contributed by atoms with E-state index in [0.29, 0.717) is 17.2 Å². The minimum absolute atomic E-state index is 0.158. The van der Waals surface area contributed by atoms with Crippen LogP contribution >= 0.6 is 0 Å². The van der Waals surface area contributed by atoms with Crippen LogP contribution < -0.4 is 14.4 Å². The number of amides is 1. The van der Waals surface area contributed by atoms with Crippen molar-refractivity contribution in [3.05, 3.63) is 18.2 Å². The lowest BCUT2D eigenvalue weighted by atomic mass is 9.98. The van der Waals surface area contributed by atoms with Gasteiger partial charge in [0.25, 0.3) is 0 Å². The predicted molar refractivity (Wildman–Crippen MR) is 72.2 cm³/mol. The molecule has 108 valence electrons. The SMILES string of the molecule is COc1cc(OC)cc(N2C[C@H](C(=O)O)[C@@H](C)C2=O)c1. The number of carbonyl (C=O) groups excluding carboxylic acids is 1. The van der Waals surface area contributed by atoms with E-state index >= 15 is 0 Å². The van der Waals surface area contributed by atoms with Crippen LogP contribution in [0.3, 0.4) is 0 Å². The summed E-state index contributed by atoms with van der Waals surface area (Å²) < 4.78 is 10.3. The van der Waals surface area contributed by atoms with E-state index in [0.717, 1.165) is 0 Å². The zero-order chi connectivity index (χ0) is 14.9. The van der Waals surface area contributed by atoms with Crippen molar-refractivity contribution in [3.8, 4) is 11.5 Å². The number of hydrogen-bond donors (Lipinski definition) is 1. The highest BCUT2D eigenvalue weighted by Gasteiger charge is 2.42. The van der Waals surface area contributed by atoms with E-state index in [1.165, 1.54) is 19.1 Å². The molecule has 1 heterocycles. The molecular weight excluding hydrogens is 262 g/mol. The summed E-state index contributed by atoms with van der Waals surface area (Å²) in [5, 5.41) is 9.14. The molecule has 0 aliphatic carbocycles. The summed E-state index contributed by atoms with van der Waals surface area (Å²) in [4.78, 5) is 24.8. The number of benzene rings is 1. The van der Waals surface area contributed by atoms with Crippen molar-refractivity contribution >= 4 is 17.6 Å². The number of hydrogen-bond acceptors (Lipinski definition) is 4. The van der Waals surface area contributed by atoms with E-state index < -0.39 is 17.8 Å². The van der Waals surface area contributed by atoms with Crippen LogP contribution in [0.25, 0.3) is 0 Å². The van der Waals surface area contributed by atoms with Crippen molar-refractivity contribution in [2.45, 2.75) is 6.92 Å². The summed E-state index contributed by atoms with van der Waals surface area (Å²) in [6, 6.07) is 5.08. The van der Waals surface area contributed by atoms with Gasteiger partial charge in [-0.2, -0.15) is 0 Å². The molecule has 0 radical (unpaired) electrons. The van der Waals surface area contributed by atoms with E-state index in [1.807, 2.05) is 0 Å². The highest BCUT2D eigenvalue weighted by atomic mass is 16.5. The lowest BCUT2D eigenvalue weighted by molar-refractivity contribution is -0.143. The van der Waals surface area contributed by atoms with Gasteiger partial charge in [0.1, 0.15) is 11.5 Å². The molecule has 6 heteroatoms. The van der Waals surface area contributed by atoms with Crippen LogP contribution in [0.4, 0.5) is 5.69 Å². The van der Waals surface area contributed by atoms with Crippen LogP contribution in [0, 0.1) is 11.8 Å². The Morgan fingerprint density at radius 1 is 1.25 bits per heavy atom. The Labute approximate surface area is 116 Å². The first-order valence-corrected chi connectivity index (χ1v) is 6.25. The first-order valence-electron chi connectivity index (χ1n) is 6.25. The molecule has 1 N–H and O–H groups in total. The molecule has 2 atom stereocenters. The molecule has 1 aliphatic rings. The molecule has 1 aliphatic heterocycles. The normalized spacial score (nSPS) is 21.9. The molecule has 0 spiro atoms. The van der Waals surface area contributed by atoms with E-state index in [2.05, 4.69) is 0 Å². The summed E-state index contributed by atoms with van der Waals surface area (Å²) in [6.45, 7) is 1.80. The second-order valence-electron chi connectivity index (χ2n) is 4.75. The van der Waals surface area contributed by atoms with Crippen LogP contribution in [-0.4, -0.2) is 37.7 Å². The fourth-order valence-electron chi connectivity index (χ4n) is 2.34. The maximum Gasteiger partial charge on any atom is 0.309 e. The van der Waals surface area contributed by atoms with Gasteiger partial charge in [-0.15, -0.1) is 0 Å². The molecule has 0 aromatic heterocycles. The molecule has 1 saturated heterocycles. The number of rotatable bonds is 4. The number of anilines is 1. The van der Waals surface area contributed by atoms with E-state index in [4.69, 9.17) is 14.6 Å². The Kier molecular flexibility index (Phi) is 3.83. The van der Waals surface area contributed by atoms with E-state index in [1.54, 1.807) is 25.1 Å². The van der Waals surface area contributed by atoms with Gasteiger partial charge in [0, 0.05) is 24.7 Å². The minimum atomic E-state index is -0.955. The molecular formula is C14H17NO5. The number of carboxylic acids is 1. The van der Waals surface area contributed by atoms with Crippen LogP contribution in [0.15, 0.2) is 18.2 Å². The molecule has 0 unspecified atom stereocenters. The molecule has 2 rings (SSSR count). The van der Waals surface area contributed by atoms with Gasteiger partial charge < -0.3 is 19.5 Å². The van der Waals surface area contributed by atoms with Gasteiger partial charge in [-0.25, -0.2) is 0 Å². The van der Waals surface area contributed by atoms with Gasteiger partial charge in [0.2, 0.25) is 5.91 Å².